The summed E-state index contributed by atoms with van der Waals surface area (Å²) in [6.45, 7) is 3.59. The molecule has 11 N–H and O–H groups in total. The van der Waals surface area contributed by atoms with Crippen LogP contribution in [0.15, 0.2) is 212 Å². The number of aliphatic hydroxyl groups excluding tert-OH is 2. The first kappa shape index (κ1) is 81.2. The Kier molecular flexibility index (Phi) is 38.8. The topological polar surface area (TPSA) is 290 Å². The number of aryl methyl sites for hydroxylation is 4. The molecule has 0 aliphatic rings. The molecule has 0 radical (unpaired) electrons. The van der Waals surface area contributed by atoms with Crippen molar-refractivity contribution in [3.8, 4) is 0 Å². The van der Waals surface area contributed by atoms with Crippen LogP contribution in [0.4, 0.5) is 50.4 Å². The molecule has 9 aromatic rings. The molecule has 3 amide bonds. The molecule has 9 aromatic carbocycles. The monoisotopic (exact) mass is 1320 g/mol. The third-order valence-corrected chi connectivity index (χ3v) is 13.1. The molecule has 0 saturated heterocycles. The van der Waals surface area contributed by atoms with E-state index in [-0.39, 0.29) is 126 Å². The molecule has 95 heavy (non-hydrogen) atoms. The molecule has 0 aliphatic carbocycles. The van der Waals surface area contributed by atoms with Crippen LogP contribution >= 0.6 is 0 Å². The van der Waals surface area contributed by atoms with Gasteiger partial charge in [-0.05, 0) is 121 Å². The van der Waals surface area contributed by atoms with Crippen molar-refractivity contribution >= 4 is 64.4 Å². The maximum atomic E-state index is 13.7. The van der Waals surface area contributed by atoms with E-state index in [1.807, 2.05) is 135 Å². The summed E-state index contributed by atoms with van der Waals surface area (Å²) in [5.74, 6) is -4.48. The number of ether oxygens (including phenoxy) is 1. The fourth-order valence-electron chi connectivity index (χ4n) is 8.24. The van der Waals surface area contributed by atoms with Crippen LogP contribution in [0.5, 0.6) is 0 Å². The van der Waals surface area contributed by atoms with Gasteiger partial charge in [-0.2, -0.15) is 0 Å². The van der Waals surface area contributed by atoms with E-state index >= 15 is 0 Å². The van der Waals surface area contributed by atoms with E-state index in [2.05, 4.69) is 16.0 Å². The Morgan fingerprint density at radius 3 is 1.14 bits per heavy atom. The van der Waals surface area contributed by atoms with Crippen molar-refractivity contribution in [2.24, 2.45) is 0 Å². The zero-order valence-corrected chi connectivity index (χ0v) is 54.8. The minimum absolute atomic E-state index is 0. The average molecular weight is 1320 g/mol. The summed E-state index contributed by atoms with van der Waals surface area (Å²) in [5, 5.41) is 34.1. The number of benzene rings is 9. The molecule has 0 aromatic heterocycles. The third-order valence-electron chi connectivity index (χ3n) is 13.1. The predicted octanol–water partition coefficient (Wildman–Crippen LogP) is 11.0. The molecule has 0 heterocycles. The summed E-state index contributed by atoms with van der Waals surface area (Å²) in [7, 11) is 0. The average Bonchev–Trinajstić information content (AvgIpc) is 1.37. The Balaban J connectivity index is 0.000000420. The van der Waals surface area contributed by atoms with Crippen LogP contribution in [-0.4, -0.2) is 56.7 Å². The van der Waals surface area contributed by atoms with E-state index in [4.69, 9.17) is 31.5 Å². The van der Waals surface area contributed by atoms with E-state index in [9.17, 15) is 50.7 Å². The summed E-state index contributed by atoms with van der Waals surface area (Å²) < 4.78 is 70.0. The van der Waals surface area contributed by atoms with Gasteiger partial charge in [-0.25, -0.2) is 26.7 Å². The number of aromatic carboxylic acids is 1. The summed E-state index contributed by atoms with van der Waals surface area (Å²) in [5.41, 5.74) is 17.7. The van der Waals surface area contributed by atoms with Crippen molar-refractivity contribution in [1.29, 1.82) is 0 Å². The molecule has 16 nitrogen and oxygen atoms in total. The Labute approximate surface area is 570 Å². The van der Waals surface area contributed by atoms with E-state index < -0.39 is 29.2 Å². The van der Waals surface area contributed by atoms with Crippen molar-refractivity contribution in [1.82, 2.24) is 0 Å². The van der Waals surface area contributed by atoms with Gasteiger partial charge in [0, 0.05) is 65.0 Å². The van der Waals surface area contributed by atoms with Crippen molar-refractivity contribution in [3.63, 3.8) is 0 Å². The molecule has 0 spiro atoms. The van der Waals surface area contributed by atoms with Gasteiger partial charge in [-0.15, -0.1) is 0 Å². The number of anilines is 5. The molecule has 22 heteroatoms. The molecule has 0 atom stereocenters. The number of nitrogen functional groups attached to an aromatic ring is 2. The van der Waals surface area contributed by atoms with Gasteiger partial charge in [-0.1, -0.05) is 153 Å². The Morgan fingerprint density at radius 2 is 0.758 bits per heavy atom. The number of hydrogen-bond donors (Lipinski definition) is 8. The molecule has 0 unspecified atom stereocenters. The number of aliphatic hydroxyl groups is 2. The number of nitrogens with two attached hydrogens (primary N) is 2. The van der Waals surface area contributed by atoms with Gasteiger partial charge in [0.25, 0.3) is 0 Å². The Bertz CT molecular complexity index is 3810. The number of carbonyl (C=O) groups excluding carboxylic acids is 5. The second-order valence-electron chi connectivity index (χ2n) is 19.9. The first-order valence-electron chi connectivity index (χ1n) is 29.4. The first-order chi connectivity index (χ1) is 44.8. The molecular formula is C73H75F5N5NaO11. The fourth-order valence-corrected chi connectivity index (χ4v) is 8.24. The number of amides is 3. The third kappa shape index (κ3) is 31.5. The zero-order chi connectivity index (χ0) is 67.9. The van der Waals surface area contributed by atoms with Crippen LogP contribution in [0.25, 0.3) is 0 Å². The molecule has 0 saturated carbocycles. The van der Waals surface area contributed by atoms with Gasteiger partial charge in [0.1, 0.15) is 35.7 Å². The number of hydrogen-bond acceptors (Lipinski definition) is 12. The van der Waals surface area contributed by atoms with Crippen molar-refractivity contribution in [3.05, 3.63) is 291 Å². The number of aldehydes is 1. The second kappa shape index (κ2) is 45.4. The number of esters is 1. The minimum atomic E-state index is -1.15. The van der Waals surface area contributed by atoms with E-state index in [1.165, 1.54) is 66.7 Å². The van der Waals surface area contributed by atoms with Crippen LogP contribution < -0.4 is 57.0 Å². The molecule has 0 fully saturated rings. The van der Waals surface area contributed by atoms with Gasteiger partial charge in [0.2, 0.25) is 17.7 Å². The number of carboxylic acids is 1. The molecule has 9 rings (SSSR count). The summed E-state index contributed by atoms with van der Waals surface area (Å²) >= 11 is 0. The molecule has 0 bridgehead atoms. The Morgan fingerprint density at radius 1 is 0.432 bits per heavy atom. The summed E-state index contributed by atoms with van der Waals surface area (Å²) in [6, 6.07) is 57.3. The van der Waals surface area contributed by atoms with Crippen LogP contribution in [0.2, 0.25) is 0 Å². The standard InChI is InChI=1S/C25H24FNO3.C16H16FNO2.C16H14FNO2.C7H6FNO2.C7H8FNO.C2H6.Na.H2O/c26-22-14-13-21(18-30-25(29)16-12-20-9-5-2-6-10-20)23(17-22)27-24(28)15-11-19-7-3-1-4-8-19;2*17-14-8-7-13(11-19)15(10-14)18-16(20)9-6-12-4-2-1-3-5-12;8-4-1-2-5(7(10)11)6(9)3-4;8-6-2-1-5(4-10)7(9)3-6;1-2;;/h1-10,13-14,17H,11-12,15-16,18H2,(H,27,28);1-5,7-8,10,19H,6,9,11H2,(H,18,20);1-5,7-8,10-11H,6,9H2,(H,18,20);1-3H,9H2,(H,10,11);1-3,10H,4,9H2;1-2H3;;1H2/q;;;;;;+1;/p-1. The van der Waals surface area contributed by atoms with E-state index in [0.29, 0.717) is 72.1 Å². The normalized spacial score (nSPS) is 9.78. The number of rotatable bonds is 21. The maximum Gasteiger partial charge on any atom is 1.00 e. The predicted molar refractivity (Wildman–Crippen MR) is 353 cm³/mol. The van der Waals surface area contributed by atoms with Crippen LogP contribution in [-0.2, 0) is 69.4 Å². The van der Waals surface area contributed by atoms with Crippen molar-refractivity contribution < 1.29 is 106 Å². The van der Waals surface area contributed by atoms with Gasteiger partial charge < -0.3 is 53.0 Å². The van der Waals surface area contributed by atoms with Crippen LogP contribution in [0, 0.1) is 29.1 Å². The van der Waals surface area contributed by atoms with Crippen LogP contribution in [0.1, 0.15) is 99.2 Å². The number of nitrogens with one attached hydrogen (secondary N) is 3. The zero-order valence-electron chi connectivity index (χ0n) is 52.8. The largest absolute Gasteiger partial charge is 1.00 e. The van der Waals surface area contributed by atoms with Crippen molar-refractivity contribution in [2.75, 3.05) is 27.4 Å². The minimum Gasteiger partial charge on any atom is -0.870 e. The summed E-state index contributed by atoms with van der Waals surface area (Å²) in [4.78, 5) is 69.2. The van der Waals surface area contributed by atoms with Gasteiger partial charge in [0.05, 0.1) is 30.2 Å². The smallest absolute Gasteiger partial charge is 0.870 e. The maximum absolute atomic E-state index is 13.7. The number of halogens is 5. The van der Waals surface area contributed by atoms with E-state index in [1.54, 1.807) is 0 Å². The van der Waals surface area contributed by atoms with Crippen LogP contribution in [0.3, 0.4) is 0 Å². The molecular weight excluding hydrogens is 1240 g/mol. The molecule has 0 aliphatic heterocycles. The Hall–Kier alpha value is -9.87. The summed E-state index contributed by atoms with van der Waals surface area (Å²) in [6.07, 6.45) is 4.10. The van der Waals surface area contributed by atoms with Gasteiger partial charge in [-0.3, -0.25) is 24.0 Å². The van der Waals surface area contributed by atoms with Crippen molar-refractivity contribution in [2.45, 2.75) is 85.0 Å². The van der Waals surface area contributed by atoms with Gasteiger partial charge >= 0.3 is 41.5 Å². The van der Waals surface area contributed by atoms with E-state index in [0.717, 1.165) is 46.5 Å². The number of carboxylic acid groups (broad SMARTS) is 1. The van der Waals surface area contributed by atoms with Gasteiger partial charge in [0.15, 0.2) is 6.29 Å². The molecule has 494 valence electrons. The fraction of sp³-hybridized carbons (Fsp3) is 0.178. The first-order valence-corrected chi connectivity index (χ1v) is 29.4. The quantitative estimate of drug-likeness (QED) is 0.0109. The number of carbonyl (C=O) groups is 6. The second-order valence-corrected chi connectivity index (χ2v) is 19.9. The SMILES string of the molecule is CC.Nc1cc(F)ccc1C(=O)O.Nc1cc(F)ccc1CO.O=C(CCc1ccccc1)Nc1cc(F)ccc1CO.O=C(CCc1ccccc1)Nc1cc(F)ccc1COC(=O)CCc1ccccc1.O=Cc1ccc(F)cc1NC(=O)CCc1ccccc1.[Na+].[OH-].